The lowest BCUT2D eigenvalue weighted by atomic mass is 10.0. The molecule has 1 aromatic rings. The number of hydrogen-bond acceptors (Lipinski definition) is 3. The molecule has 1 fully saturated rings. The summed E-state index contributed by atoms with van der Waals surface area (Å²) in [6.07, 6.45) is 2.18. The van der Waals surface area contributed by atoms with Crippen LogP contribution in [0.25, 0.3) is 0 Å². The molecule has 0 spiro atoms. The van der Waals surface area contributed by atoms with Gasteiger partial charge in [0.15, 0.2) is 0 Å². The molecule has 0 unspecified atom stereocenters. The van der Waals surface area contributed by atoms with E-state index in [2.05, 4.69) is 5.32 Å². The first-order valence-corrected chi connectivity index (χ1v) is 7.04. The Morgan fingerprint density at radius 2 is 2.10 bits per heavy atom. The Labute approximate surface area is 118 Å². The normalized spacial score (nSPS) is 22.2. The zero-order valence-corrected chi connectivity index (χ0v) is 12.1. The van der Waals surface area contributed by atoms with Gasteiger partial charge in [-0.3, -0.25) is 9.59 Å². The molecule has 5 heteroatoms. The van der Waals surface area contributed by atoms with E-state index in [4.69, 9.17) is 9.52 Å². The predicted molar refractivity (Wildman–Crippen MR) is 73.8 cm³/mol. The minimum absolute atomic E-state index is 0.216. The number of carboxylic acids is 1. The van der Waals surface area contributed by atoms with Crippen molar-refractivity contribution in [1.82, 2.24) is 5.32 Å². The lowest BCUT2D eigenvalue weighted by Crippen LogP contribution is -2.40. The van der Waals surface area contributed by atoms with E-state index in [-0.39, 0.29) is 17.9 Å². The van der Waals surface area contributed by atoms with Gasteiger partial charge in [0.25, 0.3) is 5.91 Å². The average molecular weight is 279 g/mol. The first-order chi connectivity index (χ1) is 9.40. The van der Waals surface area contributed by atoms with Crippen LogP contribution in [0.2, 0.25) is 0 Å². The van der Waals surface area contributed by atoms with Gasteiger partial charge in [0, 0.05) is 12.0 Å². The zero-order chi connectivity index (χ0) is 14.9. The number of furan rings is 1. The van der Waals surface area contributed by atoms with Crippen molar-refractivity contribution in [3.05, 3.63) is 23.2 Å². The number of aliphatic carboxylic acids is 1. The second-order valence-corrected chi connectivity index (χ2v) is 5.73. The van der Waals surface area contributed by atoms with Gasteiger partial charge >= 0.3 is 5.97 Å². The molecule has 1 aliphatic rings. The van der Waals surface area contributed by atoms with Crippen LogP contribution in [-0.4, -0.2) is 23.0 Å². The summed E-state index contributed by atoms with van der Waals surface area (Å²) in [6, 6.07) is 1.47. The largest absolute Gasteiger partial charge is 0.481 e. The molecule has 0 aromatic carbocycles. The fourth-order valence-corrected chi connectivity index (χ4v) is 2.69. The van der Waals surface area contributed by atoms with Crippen molar-refractivity contribution in [3.63, 3.8) is 0 Å². The topological polar surface area (TPSA) is 79.5 Å². The number of nitrogens with one attached hydrogen (secondary N) is 1. The van der Waals surface area contributed by atoms with E-state index in [0.717, 1.165) is 18.6 Å². The monoisotopic (exact) mass is 279 g/mol. The Morgan fingerprint density at radius 1 is 1.40 bits per heavy atom. The van der Waals surface area contributed by atoms with E-state index in [1.54, 1.807) is 13.0 Å². The van der Waals surface area contributed by atoms with Gasteiger partial charge in [0.1, 0.15) is 11.5 Å². The lowest BCUT2D eigenvalue weighted by molar-refractivity contribution is -0.142. The fourth-order valence-electron chi connectivity index (χ4n) is 2.69. The molecule has 1 saturated carbocycles. The van der Waals surface area contributed by atoms with Gasteiger partial charge in [0.05, 0.1) is 11.5 Å². The first-order valence-electron chi connectivity index (χ1n) is 7.04. The lowest BCUT2D eigenvalue weighted by Gasteiger charge is -2.17. The van der Waals surface area contributed by atoms with Crippen LogP contribution in [0.5, 0.6) is 0 Å². The highest BCUT2D eigenvalue weighted by Crippen LogP contribution is 2.27. The molecule has 1 amide bonds. The van der Waals surface area contributed by atoms with Crippen molar-refractivity contribution >= 4 is 11.9 Å². The SMILES string of the molecule is Cc1oc(C(C)C)cc1C(=O)N[C@@H]1CCC[C@@H]1C(=O)O. The average Bonchev–Trinajstić information content (AvgIpc) is 2.95. The number of carboxylic acid groups (broad SMARTS) is 1. The van der Waals surface area contributed by atoms with E-state index >= 15 is 0 Å². The van der Waals surface area contributed by atoms with Crippen molar-refractivity contribution in [2.75, 3.05) is 0 Å². The second-order valence-electron chi connectivity index (χ2n) is 5.73. The smallest absolute Gasteiger partial charge is 0.308 e. The molecule has 2 atom stereocenters. The van der Waals surface area contributed by atoms with Crippen molar-refractivity contribution in [2.45, 2.75) is 52.0 Å². The van der Waals surface area contributed by atoms with E-state index in [9.17, 15) is 9.59 Å². The Kier molecular flexibility index (Phi) is 4.16. The van der Waals surface area contributed by atoms with Crippen LogP contribution in [0.1, 0.15) is 60.9 Å². The van der Waals surface area contributed by atoms with Gasteiger partial charge in [-0.2, -0.15) is 0 Å². The van der Waals surface area contributed by atoms with Gasteiger partial charge < -0.3 is 14.8 Å². The molecular weight excluding hydrogens is 258 g/mol. The van der Waals surface area contributed by atoms with Crippen LogP contribution >= 0.6 is 0 Å². The summed E-state index contributed by atoms with van der Waals surface area (Å²) in [5.74, 6) is 0.0186. The summed E-state index contributed by atoms with van der Waals surface area (Å²) in [5, 5.41) is 12.0. The summed E-state index contributed by atoms with van der Waals surface area (Å²) in [4.78, 5) is 23.4. The van der Waals surface area contributed by atoms with E-state index in [1.807, 2.05) is 13.8 Å². The van der Waals surface area contributed by atoms with E-state index in [1.165, 1.54) is 0 Å². The highest BCUT2D eigenvalue weighted by molar-refractivity contribution is 5.95. The third kappa shape index (κ3) is 2.86. The Morgan fingerprint density at radius 3 is 2.65 bits per heavy atom. The third-order valence-electron chi connectivity index (χ3n) is 3.90. The molecule has 2 N–H and O–H groups in total. The maximum atomic E-state index is 12.3. The number of carbonyl (C=O) groups excluding carboxylic acids is 1. The standard InChI is InChI=1S/C15H21NO4/c1-8(2)13-7-11(9(3)20-13)14(17)16-12-6-4-5-10(12)15(18)19/h7-8,10,12H,4-6H2,1-3H3,(H,16,17)(H,18,19)/t10-,12+/m0/s1. The quantitative estimate of drug-likeness (QED) is 0.888. The van der Waals surface area contributed by atoms with Crippen LogP contribution in [0.15, 0.2) is 10.5 Å². The number of carbonyl (C=O) groups is 2. The molecule has 0 aliphatic heterocycles. The van der Waals surface area contributed by atoms with Crippen molar-refractivity contribution in [2.24, 2.45) is 5.92 Å². The van der Waals surface area contributed by atoms with Crippen LogP contribution in [-0.2, 0) is 4.79 Å². The second kappa shape index (κ2) is 5.69. The number of amides is 1. The van der Waals surface area contributed by atoms with Crippen LogP contribution in [0, 0.1) is 12.8 Å². The zero-order valence-electron chi connectivity index (χ0n) is 12.1. The Balaban J connectivity index is 2.10. The van der Waals surface area contributed by atoms with Gasteiger partial charge in [-0.05, 0) is 25.8 Å². The third-order valence-corrected chi connectivity index (χ3v) is 3.90. The van der Waals surface area contributed by atoms with Crippen LogP contribution in [0.4, 0.5) is 0 Å². The van der Waals surface area contributed by atoms with Crippen molar-refractivity contribution in [1.29, 1.82) is 0 Å². The number of aryl methyl sites for hydroxylation is 1. The molecule has 0 radical (unpaired) electrons. The summed E-state index contributed by atoms with van der Waals surface area (Å²) < 4.78 is 5.56. The summed E-state index contributed by atoms with van der Waals surface area (Å²) in [5.41, 5.74) is 0.504. The molecular formula is C15H21NO4. The van der Waals surface area contributed by atoms with Gasteiger partial charge in [-0.1, -0.05) is 20.3 Å². The summed E-state index contributed by atoms with van der Waals surface area (Å²) >= 11 is 0. The molecule has 2 rings (SSSR count). The Bertz CT molecular complexity index is 518. The van der Waals surface area contributed by atoms with Crippen molar-refractivity contribution < 1.29 is 19.1 Å². The van der Waals surface area contributed by atoms with E-state index < -0.39 is 11.9 Å². The molecule has 0 saturated heterocycles. The summed E-state index contributed by atoms with van der Waals surface area (Å²) in [6.45, 7) is 5.75. The minimum Gasteiger partial charge on any atom is -0.481 e. The first kappa shape index (κ1) is 14.6. The predicted octanol–water partition coefficient (Wildman–Crippen LogP) is 2.69. The van der Waals surface area contributed by atoms with Crippen LogP contribution < -0.4 is 5.32 Å². The molecule has 110 valence electrons. The molecule has 5 nitrogen and oxygen atoms in total. The molecule has 1 heterocycles. The highest BCUT2D eigenvalue weighted by Gasteiger charge is 2.34. The molecule has 1 aliphatic carbocycles. The van der Waals surface area contributed by atoms with Gasteiger partial charge in [-0.25, -0.2) is 0 Å². The van der Waals surface area contributed by atoms with Gasteiger partial charge in [0.2, 0.25) is 0 Å². The van der Waals surface area contributed by atoms with Crippen molar-refractivity contribution in [3.8, 4) is 0 Å². The molecule has 0 bridgehead atoms. The van der Waals surface area contributed by atoms with Gasteiger partial charge in [-0.15, -0.1) is 0 Å². The minimum atomic E-state index is -0.834. The summed E-state index contributed by atoms with van der Waals surface area (Å²) in [7, 11) is 0. The molecule has 1 aromatic heterocycles. The fraction of sp³-hybridized carbons (Fsp3) is 0.600. The highest BCUT2D eigenvalue weighted by atomic mass is 16.4. The van der Waals surface area contributed by atoms with E-state index in [0.29, 0.717) is 17.7 Å². The Hall–Kier alpha value is -1.78. The van der Waals surface area contributed by atoms with Crippen LogP contribution in [0.3, 0.4) is 0 Å². The number of rotatable bonds is 4. The maximum Gasteiger partial charge on any atom is 0.308 e. The number of hydrogen-bond donors (Lipinski definition) is 2. The molecule has 20 heavy (non-hydrogen) atoms. The maximum absolute atomic E-state index is 12.3.